The number of alkyl halides is 1. The van der Waals surface area contributed by atoms with Crippen molar-refractivity contribution in [2.45, 2.75) is 11.8 Å². The van der Waals surface area contributed by atoms with Crippen LogP contribution in [0.1, 0.15) is 6.92 Å². The Hall–Kier alpha value is -0.300. The maximum absolute atomic E-state index is 3.70. The summed E-state index contributed by atoms with van der Waals surface area (Å²) in [6.45, 7) is 5.89. The molecule has 0 bridgehead atoms. The maximum atomic E-state index is 3.70. The molecule has 54 valence electrons. The molecular weight excluding hydrogens is 188 g/mol. The van der Waals surface area contributed by atoms with Crippen LogP contribution >= 0.6 is 15.9 Å². The third-order valence-corrected chi connectivity index (χ3v) is 2.78. The zero-order chi connectivity index (χ0) is 7.56. The first-order valence-electron chi connectivity index (χ1n) is 3.40. The van der Waals surface area contributed by atoms with Crippen molar-refractivity contribution < 1.29 is 0 Å². The average molecular weight is 199 g/mol. The number of rotatable bonds is 1. The van der Waals surface area contributed by atoms with E-state index in [2.05, 4.69) is 47.7 Å². The van der Waals surface area contributed by atoms with E-state index < -0.39 is 0 Å². The molecular formula is C9H11Br. The van der Waals surface area contributed by atoms with Crippen LogP contribution in [0.15, 0.2) is 36.5 Å². The van der Waals surface area contributed by atoms with Gasteiger partial charge in [-0.2, -0.15) is 0 Å². The molecule has 1 rings (SSSR count). The maximum Gasteiger partial charge on any atom is 0.0394 e. The lowest BCUT2D eigenvalue weighted by Gasteiger charge is -2.15. The highest BCUT2D eigenvalue weighted by molar-refractivity contribution is 9.09. The Morgan fingerprint density at radius 2 is 2.40 bits per heavy atom. The molecule has 2 unspecified atom stereocenters. The smallest absolute Gasteiger partial charge is 0.0394 e. The number of halogens is 1. The number of hydrogen-bond acceptors (Lipinski definition) is 0. The quantitative estimate of drug-likeness (QED) is 0.569. The van der Waals surface area contributed by atoms with Gasteiger partial charge in [0.15, 0.2) is 0 Å². The van der Waals surface area contributed by atoms with Gasteiger partial charge in [-0.1, -0.05) is 53.7 Å². The molecule has 2 atom stereocenters. The summed E-state index contributed by atoms with van der Waals surface area (Å²) in [5.74, 6) is 0.601. The molecule has 0 nitrogen and oxygen atoms in total. The molecule has 0 aromatic rings. The van der Waals surface area contributed by atoms with Crippen LogP contribution in [-0.4, -0.2) is 4.83 Å². The Labute approximate surface area is 70.5 Å². The van der Waals surface area contributed by atoms with Gasteiger partial charge < -0.3 is 0 Å². The lowest BCUT2D eigenvalue weighted by molar-refractivity contribution is 0.758. The molecule has 0 aromatic carbocycles. The molecule has 0 spiro atoms. The molecule has 1 heteroatoms. The summed E-state index contributed by atoms with van der Waals surface area (Å²) in [7, 11) is 0. The molecule has 0 fully saturated rings. The summed E-state index contributed by atoms with van der Waals surface area (Å²) < 4.78 is 0. The topological polar surface area (TPSA) is 0 Å². The van der Waals surface area contributed by atoms with Crippen LogP contribution in [0.4, 0.5) is 0 Å². The van der Waals surface area contributed by atoms with E-state index in [-0.39, 0.29) is 0 Å². The summed E-state index contributed by atoms with van der Waals surface area (Å²) in [5, 5.41) is 0. The van der Waals surface area contributed by atoms with Gasteiger partial charge in [-0.15, -0.1) is 0 Å². The van der Waals surface area contributed by atoms with Gasteiger partial charge in [0.05, 0.1) is 0 Å². The van der Waals surface area contributed by atoms with Gasteiger partial charge in [-0.3, -0.25) is 0 Å². The number of hydrogen-bond donors (Lipinski definition) is 0. The van der Waals surface area contributed by atoms with Crippen molar-refractivity contribution in [2.75, 3.05) is 0 Å². The average Bonchev–Trinajstić information content (AvgIpc) is 1.95. The molecule has 0 saturated carbocycles. The molecule has 0 aromatic heterocycles. The summed E-state index contributed by atoms with van der Waals surface area (Å²) in [6, 6.07) is 0. The van der Waals surface area contributed by atoms with Crippen molar-refractivity contribution in [2.24, 2.45) is 5.92 Å². The monoisotopic (exact) mass is 198 g/mol. The van der Waals surface area contributed by atoms with Crippen molar-refractivity contribution in [1.82, 2.24) is 0 Å². The van der Waals surface area contributed by atoms with Crippen LogP contribution in [0.5, 0.6) is 0 Å². The molecule has 0 radical (unpaired) electrons. The van der Waals surface area contributed by atoms with E-state index in [1.165, 1.54) is 5.57 Å². The van der Waals surface area contributed by atoms with Gasteiger partial charge in [0.1, 0.15) is 0 Å². The Bertz CT molecular complexity index is 189. The predicted molar refractivity (Wildman–Crippen MR) is 49.3 cm³/mol. The SMILES string of the molecule is C=CC1=CC(Br)C(C)C=C1. The van der Waals surface area contributed by atoms with Gasteiger partial charge >= 0.3 is 0 Å². The second-order valence-corrected chi connectivity index (χ2v) is 3.59. The Balaban J connectivity index is 2.75. The van der Waals surface area contributed by atoms with Gasteiger partial charge in [0.25, 0.3) is 0 Å². The van der Waals surface area contributed by atoms with Crippen LogP contribution in [0.2, 0.25) is 0 Å². The fourth-order valence-corrected chi connectivity index (χ4v) is 1.38. The minimum Gasteiger partial charge on any atom is -0.0985 e. The van der Waals surface area contributed by atoms with Crippen molar-refractivity contribution in [3.8, 4) is 0 Å². The third-order valence-electron chi connectivity index (χ3n) is 1.68. The Morgan fingerprint density at radius 3 is 2.90 bits per heavy atom. The van der Waals surface area contributed by atoms with Crippen LogP contribution < -0.4 is 0 Å². The van der Waals surface area contributed by atoms with Crippen LogP contribution in [0, 0.1) is 5.92 Å². The Morgan fingerprint density at radius 1 is 1.70 bits per heavy atom. The third kappa shape index (κ3) is 1.60. The molecule has 10 heavy (non-hydrogen) atoms. The normalized spacial score (nSPS) is 31.6. The zero-order valence-corrected chi connectivity index (χ0v) is 7.64. The first-order chi connectivity index (χ1) is 4.74. The largest absolute Gasteiger partial charge is 0.0985 e. The first-order valence-corrected chi connectivity index (χ1v) is 4.32. The fourth-order valence-electron chi connectivity index (χ4n) is 0.896. The Kier molecular flexibility index (Phi) is 2.50. The van der Waals surface area contributed by atoms with Crippen molar-refractivity contribution in [1.29, 1.82) is 0 Å². The zero-order valence-electron chi connectivity index (χ0n) is 6.05. The summed E-state index contributed by atoms with van der Waals surface area (Å²) in [5.41, 5.74) is 1.21. The first kappa shape index (κ1) is 7.80. The molecule has 0 heterocycles. The molecule has 0 aliphatic heterocycles. The van der Waals surface area contributed by atoms with E-state index in [9.17, 15) is 0 Å². The van der Waals surface area contributed by atoms with Gasteiger partial charge in [-0.25, -0.2) is 0 Å². The van der Waals surface area contributed by atoms with E-state index in [1.54, 1.807) is 0 Å². The molecule has 1 aliphatic carbocycles. The van der Waals surface area contributed by atoms with Gasteiger partial charge in [0.2, 0.25) is 0 Å². The van der Waals surface area contributed by atoms with E-state index in [4.69, 9.17) is 0 Å². The predicted octanol–water partition coefficient (Wildman–Crippen LogP) is 3.07. The van der Waals surface area contributed by atoms with Crippen molar-refractivity contribution >= 4 is 15.9 Å². The van der Waals surface area contributed by atoms with Crippen molar-refractivity contribution in [3.63, 3.8) is 0 Å². The summed E-state index contributed by atoms with van der Waals surface area (Å²) >= 11 is 3.56. The van der Waals surface area contributed by atoms with E-state index in [1.807, 2.05) is 6.08 Å². The van der Waals surface area contributed by atoms with Crippen molar-refractivity contribution in [3.05, 3.63) is 36.5 Å². The highest BCUT2D eigenvalue weighted by Gasteiger charge is 2.11. The van der Waals surface area contributed by atoms with Gasteiger partial charge in [-0.05, 0) is 11.5 Å². The lowest BCUT2D eigenvalue weighted by atomic mass is 9.99. The highest BCUT2D eigenvalue weighted by atomic mass is 79.9. The minimum atomic E-state index is 0.477. The second kappa shape index (κ2) is 3.20. The lowest BCUT2D eigenvalue weighted by Crippen LogP contribution is -2.08. The number of allylic oxidation sites excluding steroid dienone is 5. The van der Waals surface area contributed by atoms with E-state index in [0.717, 1.165) is 0 Å². The molecule has 0 saturated heterocycles. The summed E-state index contributed by atoms with van der Waals surface area (Å²) in [4.78, 5) is 0.477. The molecule has 1 aliphatic rings. The van der Waals surface area contributed by atoms with Crippen LogP contribution in [-0.2, 0) is 0 Å². The minimum absolute atomic E-state index is 0.477. The fraction of sp³-hybridized carbons (Fsp3) is 0.333. The van der Waals surface area contributed by atoms with Crippen LogP contribution in [0.25, 0.3) is 0 Å². The standard InChI is InChI=1S/C9H11Br/c1-3-8-5-4-7(2)9(10)6-8/h3-7,9H,1H2,2H3. The van der Waals surface area contributed by atoms with Gasteiger partial charge in [0, 0.05) is 4.83 Å². The highest BCUT2D eigenvalue weighted by Crippen LogP contribution is 2.22. The summed E-state index contributed by atoms with van der Waals surface area (Å²) in [6.07, 6.45) is 8.35. The van der Waals surface area contributed by atoms with E-state index >= 15 is 0 Å². The molecule has 0 amide bonds. The van der Waals surface area contributed by atoms with Crippen LogP contribution in [0.3, 0.4) is 0 Å². The van der Waals surface area contributed by atoms with E-state index in [0.29, 0.717) is 10.7 Å². The molecule has 0 N–H and O–H groups in total. The second-order valence-electron chi connectivity index (χ2n) is 2.53.